The maximum Gasteiger partial charge on any atom is 0.210 e. The number of ketones is 2. The van der Waals surface area contributed by atoms with E-state index in [-0.39, 0.29) is 11.6 Å². The molecule has 26 heavy (non-hydrogen) atoms. The summed E-state index contributed by atoms with van der Waals surface area (Å²) in [5, 5.41) is 0.640. The molecule has 0 unspecified atom stereocenters. The molecule has 0 N–H and O–H groups in total. The maximum atomic E-state index is 13.2. The van der Waals surface area contributed by atoms with Crippen molar-refractivity contribution in [3.63, 3.8) is 0 Å². The average Bonchev–Trinajstić information content (AvgIpc) is 3.05. The van der Waals surface area contributed by atoms with E-state index < -0.39 is 0 Å². The molecule has 1 aromatic heterocycles. The minimum Gasteiger partial charge on any atom is -0.344 e. The zero-order valence-electron chi connectivity index (χ0n) is 14.5. The fraction of sp³-hybridized carbons (Fsp3) is 0.182. The quantitative estimate of drug-likeness (QED) is 0.488. The van der Waals surface area contributed by atoms with Gasteiger partial charge in [-0.15, -0.1) is 0 Å². The van der Waals surface area contributed by atoms with Crippen LogP contribution in [0.25, 0.3) is 11.1 Å². The van der Waals surface area contributed by atoms with Gasteiger partial charge in [0.1, 0.15) is 5.69 Å². The number of carbonyl (C=O) groups is 2. The first-order valence-electron chi connectivity index (χ1n) is 8.79. The molecule has 130 valence electrons. The zero-order chi connectivity index (χ0) is 18.3. The molecule has 0 saturated carbocycles. The van der Waals surface area contributed by atoms with E-state index in [2.05, 4.69) is 6.92 Å². The fourth-order valence-electron chi connectivity index (χ4n) is 3.52. The molecule has 1 aliphatic carbocycles. The van der Waals surface area contributed by atoms with Crippen LogP contribution in [-0.4, -0.2) is 16.1 Å². The lowest BCUT2D eigenvalue weighted by Crippen LogP contribution is -2.23. The summed E-state index contributed by atoms with van der Waals surface area (Å²) in [6, 6.07) is 14.4. The predicted molar refractivity (Wildman–Crippen MR) is 103 cm³/mol. The van der Waals surface area contributed by atoms with Crippen LogP contribution in [0.5, 0.6) is 0 Å². The molecule has 0 atom stereocenters. The SMILES string of the molecule is CCCCn1cc(-c2ccc(Cl)cc2)c2c1C(=O)c1ccccc1C2=O. The van der Waals surface area contributed by atoms with Crippen LogP contribution in [0.3, 0.4) is 0 Å². The van der Waals surface area contributed by atoms with Crippen molar-refractivity contribution in [3.8, 4) is 11.1 Å². The van der Waals surface area contributed by atoms with E-state index in [4.69, 9.17) is 11.6 Å². The minimum absolute atomic E-state index is 0.0773. The van der Waals surface area contributed by atoms with Gasteiger partial charge in [0.15, 0.2) is 5.78 Å². The smallest absolute Gasteiger partial charge is 0.210 e. The number of hydrogen-bond donors (Lipinski definition) is 0. The Hall–Kier alpha value is -2.65. The Kier molecular flexibility index (Phi) is 4.25. The molecule has 3 nitrogen and oxygen atoms in total. The topological polar surface area (TPSA) is 39.1 Å². The first-order chi connectivity index (χ1) is 12.6. The minimum atomic E-state index is -0.0876. The molecular formula is C22H18ClNO2. The number of nitrogens with zero attached hydrogens (tertiary/aromatic N) is 1. The lowest BCUT2D eigenvalue weighted by Gasteiger charge is -2.17. The van der Waals surface area contributed by atoms with Crippen molar-refractivity contribution in [2.45, 2.75) is 26.3 Å². The largest absolute Gasteiger partial charge is 0.344 e. The Bertz CT molecular complexity index is 1020. The summed E-state index contributed by atoms with van der Waals surface area (Å²) in [5.74, 6) is -0.165. The van der Waals surface area contributed by atoms with Crippen molar-refractivity contribution in [2.75, 3.05) is 0 Å². The molecule has 0 fully saturated rings. The highest BCUT2D eigenvalue weighted by molar-refractivity contribution is 6.31. The molecule has 1 aliphatic rings. The second-order valence-electron chi connectivity index (χ2n) is 6.52. The molecule has 0 bridgehead atoms. The van der Waals surface area contributed by atoms with Crippen molar-refractivity contribution in [3.05, 3.63) is 82.1 Å². The van der Waals surface area contributed by atoms with Crippen LogP contribution >= 0.6 is 11.6 Å². The van der Waals surface area contributed by atoms with Gasteiger partial charge in [0.2, 0.25) is 5.78 Å². The molecule has 0 aliphatic heterocycles. The highest BCUT2D eigenvalue weighted by Gasteiger charge is 2.35. The van der Waals surface area contributed by atoms with Crippen molar-refractivity contribution in [2.24, 2.45) is 0 Å². The van der Waals surface area contributed by atoms with E-state index in [1.54, 1.807) is 36.4 Å². The second kappa shape index (κ2) is 6.58. The summed E-state index contributed by atoms with van der Waals surface area (Å²) < 4.78 is 1.94. The number of unbranched alkanes of at least 4 members (excludes halogenated alkanes) is 1. The summed E-state index contributed by atoms with van der Waals surface area (Å²) in [4.78, 5) is 26.4. The molecule has 0 spiro atoms. The molecule has 0 radical (unpaired) electrons. The summed E-state index contributed by atoms with van der Waals surface area (Å²) in [7, 11) is 0. The van der Waals surface area contributed by atoms with E-state index >= 15 is 0 Å². The van der Waals surface area contributed by atoms with Crippen molar-refractivity contribution in [1.82, 2.24) is 4.57 Å². The van der Waals surface area contributed by atoms with Crippen LogP contribution in [0.2, 0.25) is 5.02 Å². The number of carbonyl (C=O) groups excluding carboxylic acids is 2. The lowest BCUT2D eigenvalue weighted by atomic mass is 9.85. The van der Waals surface area contributed by atoms with Crippen molar-refractivity contribution >= 4 is 23.2 Å². The molecule has 2 aromatic carbocycles. The van der Waals surface area contributed by atoms with Crippen LogP contribution < -0.4 is 0 Å². The molecule has 4 heteroatoms. The number of halogens is 1. The Morgan fingerprint density at radius 1 is 0.885 bits per heavy atom. The van der Waals surface area contributed by atoms with E-state index in [1.807, 2.05) is 22.9 Å². The fourth-order valence-corrected chi connectivity index (χ4v) is 3.65. The van der Waals surface area contributed by atoms with Gasteiger partial charge in [0.05, 0.1) is 5.56 Å². The third-order valence-corrected chi connectivity index (χ3v) is 5.10. The van der Waals surface area contributed by atoms with Gasteiger partial charge in [-0.3, -0.25) is 9.59 Å². The Balaban J connectivity index is 1.95. The summed E-state index contributed by atoms with van der Waals surface area (Å²) in [6.45, 7) is 2.83. The predicted octanol–water partition coefficient (Wildman–Crippen LogP) is 5.38. The molecule has 4 rings (SSSR count). The van der Waals surface area contributed by atoms with Gasteiger partial charge in [0, 0.05) is 34.5 Å². The van der Waals surface area contributed by atoms with Crippen LogP contribution in [0.1, 0.15) is 51.7 Å². The molecule has 0 amide bonds. The molecule has 0 saturated heterocycles. The van der Waals surface area contributed by atoms with Crippen LogP contribution in [-0.2, 0) is 6.54 Å². The van der Waals surface area contributed by atoms with E-state index in [1.165, 1.54) is 0 Å². The Morgan fingerprint density at radius 2 is 1.54 bits per heavy atom. The van der Waals surface area contributed by atoms with Crippen molar-refractivity contribution in [1.29, 1.82) is 0 Å². The molecule has 3 aromatic rings. The zero-order valence-corrected chi connectivity index (χ0v) is 15.2. The van der Waals surface area contributed by atoms with Gasteiger partial charge in [-0.05, 0) is 24.1 Å². The van der Waals surface area contributed by atoms with E-state index in [0.717, 1.165) is 24.0 Å². The summed E-state index contributed by atoms with van der Waals surface area (Å²) in [6.07, 6.45) is 3.90. The van der Waals surface area contributed by atoms with Gasteiger partial charge >= 0.3 is 0 Å². The lowest BCUT2D eigenvalue weighted by molar-refractivity contribution is 0.0973. The normalized spacial score (nSPS) is 12.8. The average molecular weight is 364 g/mol. The third kappa shape index (κ3) is 2.60. The first-order valence-corrected chi connectivity index (χ1v) is 9.17. The number of aryl methyl sites for hydroxylation is 1. The standard InChI is InChI=1S/C22H18ClNO2/c1-2-3-12-24-13-18(14-8-10-15(23)11-9-14)19-20(24)22(26)17-7-5-4-6-16(17)21(19)25/h4-11,13H,2-3,12H2,1H3. The monoisotopic (exact) mass is 363 g/mol. The van der Waals surface area contributed by atoms with Crippen LogP contribution in [0.15, 0.2) is 54.7 Å². The van der Waals surface area contributed by atoms with Crippen LogP contribution in [0.4, 0.5) is 0 Å². The summed E-state index contributed by atoms with van der Waals surface area (Å²) >= 11 is 6.01. The van der Waals surface area contributed by atoms with Gasteiger partial charge < -0.3 is 4.57 Å². The molecular weight excluding hydrogens is 346 g/mol. The Labute approximate surface area is 157 Å². The van der Waals surface area contributed by atoms with Gasteiger partial charge in [-0.1, -0.05) is 61.3 Å². The number of benzene rings is 2. The van der Waals surface area contributed by atoms with Crippen molar-refractivity contribution < 1.29 is 9.59 Å². The number of rotatable bonds is 4. The summed E-state index contributed by atoms with van der Waals surface area (Å²) in [5.41, 5.74) is 3.67. The number of aromatic nitrogens is 1. The molecule has 1 heterocycles. The highest BCUT2D eigenvalue weighted by Crippen LogP contribution is 2.36. The Morgan fingerprint density at radius 3 is 2.19 bits per heavy atom. The second-order valence-corrected chi connectivity index (χ2v) is 6.96. The first kappa shape index (κ1) is 16.8. The number of hydrogen-bond acceptors (Lipinski definition) is 2. The van der Waals surface area contributed by atoms with Gasteiger partial charge in [0.25, 0.3) is 0 Å². The highest BCUT2D eigenvalue weighted by atomic mass is 35.5. The number of fused-ring (bicyclic) bond motifs is 2. The maximum absolute atomic E-state index is 13.2. The third-order valence-electron chi connectivity index (χ3n) is 4.84. The van der Waals surface area contributed by atoms with Gasteiger partial charge in [-0.2, -0.15) is 0 Å². The van der Waals surface area contributed by atoms with Gasteiger partial charge in [-0.25, -0.2) is 0 Å². The van der Waals surface area contributed by atoms with E-state index in [9.17, 15) is 9.59 Å². The van der Waals surface area contributed by atoms with Crippen LogP contribution in [0, 0.1) is 0 Å². The van der Waals surface area contributed by atoms with E-state index in [0.29, 0.717) is 34.0 Å².